The first-order chi connectivity index (χ1) is 5.54. The van der Waals surface area contributed by atoms with Gasteiger partial charge in [-0.25, -0.2) is 0 Å². The van der Waals surface area contributed by atoms with Gasteiger partial charge in [0.05, 0.1) is 5.66 Å². The average Bonchev–Trinajstić information content (AvgIpc) is 1.77. The van der Waals surface area contributed by atoms with Crippen molar-refractivity contribution < 1.29 is 14.4 Å². The number of hydrogen-bond donors (Lipinski definition) is 2. The van der Waals surface area contributed by atoms with Crippen LogP contribution in [-0.4, -0.2) is 15.4 Å². The molecule has 13 heavy (non-hydrogen) atoms. The molecule has 1 atom stereocenters. The predicted molar refractivity (Wildman–Crippen MR) is 54.7 cm³/mol. The fourth-order valence-electron chi connectivity index (χ4n) is 1.37. The van der Waals surface area contributed by atoms with Crippen LogP contribution in [0.15, 0.2) is 0 Å². The average molecular weight is 208 g/mol. The van der Waals surface area contributed by atoms with Gasteiger partial charge in [-0.2, -0.15) is 0 Å². The second-order valence-electron chi connectivity index (χ2n) is 5.17. The van der Waals surface area contributed by atoms with Gasteiger partial charge in [0.15, 0.2) is 0 Å². The minimum absolute atomic E-state index is 0.0278. The molecule has 0 heterocycles. The van der Waals surface area contributed by atoms with E-state index in [0.717, 1.165) is 0 Å². The fraction of sp³-hybridized carbons (Fsp3) is 1.00. The van der Waals surface area contributed by atoms with Crippen LogP contribution in [0.4, 0.5) is 0 Å². The number of hydrogen-bond acceptors (Lipinski definition) is 1. The van der Waals surface area contributed by atoms with Crippen LogP contribution in [0, 0.1) is 11.3 Å². The first kappa shape index (κ1) is 13.2. The van der Waals surface area contributed by atoms with Crippen LogP contribution in [-0.2, 0) is 4.57 Å². The Morgan fingerprint density at radius 3 is 1.69 bits per heavy atom. The summed E-state index contributed by atoms with van der Waals surface area (Å²) < 4.78 is 11.1. The van der Waals surface area contributed by atoms with Gasteiger partial charge in [0.25, 0.3) is 0 Å². The lowest BCUT2D eigenvalue weighted by atomic mass is 9.87. The van der Waals surface area contributed by atoms with Gasteiger partial charge in [0, 0.05) is 0 Å². The summed E-state index contributed by atoms with van der Waals surface area (Å²) in [5.41, 5.74) is -0.539. The quantitative estimate of drug-likeness (QED) is 0.701. The summed E-state index contributed by atoms with van der Waals surface area (Å²) in [6.45, 7) is 9.71. The molecule has 0 saturated carbocycles. The second-order valence-corrected chi connectivity index (χ2v) is 7.01. The van der Waals surface area contributed by atoms with Crippen LogP contribution < -0.4 is 0 Å². The summed E-state index contributed by atoms with van der Waals surface area (Å²) in [7, 11) is -3.93. The van der Waals surface area contributed by atoms with Gasteiger partial charge >= 0.3 is 7.60 Å². The molecule has 0 radical (unpaired) electrons. The Balaban J connectivity index is 4.57. The van der Waals surface area contributed by atoms with Crippen molar-refractivity contribution in [3.05, 3.63) is 0 Å². The molecule has 1 unspecified atom stereocenters. The lowest BCUT2D eigenvalue weighted by molar-refractivity contribution is 0.287. The molecule has 0 aromatic carbocycles. The van der Waals surface area contributed by atoms with E-state index in [1.807, 2.05) is 34.6 Å². The normalized spacial score (nSPS) is 16.3. The van der Waals surface area contributed by atoms with Crippen LogP contribution in [0.2, 0.25) is 0 Å². The molecular weight excluding hydrogens is 187 g/mol. The first-order valence-electron chi connectivity index (χ1n) is 4.59. The van der Waals surface area contributed by atoms with Crippen molar-refractivity contribution >= 4 is 7.60 Å². The lowest BCUT2D eigenvalue weighted by Gasteiger charge is -2.29. The molecule has 0 amide bonds. The van der Waals surface area contributed by atoms with Gasteiger partial charge in [0.1, 0.15) is 0 Å². The summed E-state index contributed by atoms with van der Waals surface area (Å²) >= 11 is 0. The van der Waals surface area contributed by atoms with Crippen LogP contribution in [0.3, 0.4) is 0 Å². The summed E-state index contributed by atoms with van der Waals surface area (Å²) in [5, 5.41) is 0. The Morgan fingerprint density at radius 2 is 1.62 bits per heavy atom. The van der Waals surface area contributed by atoms with Crippen molar-refractivity contribution in [3.63, 3.8) is 0 Å². The van der Waals surface area contributed by atoms with E-state index in [9.17, 15) is 4.57 Å². The lowest BCUT2D eigenvalue weighted by Crippen LogP contribution is -2.23. The largest absolute Gasteiger partial charge is 0.328 e. The van der Waals surface area contributed by atoms with E-state index in [0.29, 0.717) is 6.42 Å². The molecule has 0 aliphatic rings. The minimum atomic E-state index is -3.93. The molecule has 0 aliphatic carbocycles. The van der Waals surface area contributed by atoms with E-state index in [2.05, 4.69) is 0 Å². The molecule has 2 N–H and O–H groups in total. The molecule has 0 aromatic rings. The molecule has 3 nitrogen and oxygen atoms in total. The van der Waals surface area contributed by atoms with Crippen molar-refractivity contribution in [2.75, 3.05) is 0 Å². The minimum Gasteiger partial charge on any atom is -0.324 e. The van der Waals surface area contributed by atoms with E-state index in [1.54, 1.807) is 0 Å². The first-order valence-corrected chi connectivity index (χ1v) is 6.27. The molecule has 0 aromatic heterocycles. The van der Waals surface area contributed by atoms with Gasteiger partial charge in [-0.1, -0.05) is 34.6 Å². The van der Waals surface area contributed by atoms with Crippen LogP contribution in [0.5, 0.6) is 0 Å². The molecule has 4 heteroatoms. The van der Waals surface area contributed by atoms with E-state index >= 15 is 0 Å². The van der Waals surface area contributed by atoms with E-state index in [1.165, 1.54) is 0 Å². The second kappa shape index (κ2) is 4.12. The molecule has 0 fully saturated rings. The maximum Gasteiger partial charge on any atom is 0.328 e. The summed E-state index contributed by atoms with van der Waals surface area (Å²) in [6.07, 6.45) is 0.564. The third-order valence-corrected chi connectivity index (χ3v) is 3.67. The summed E-state index contributed by atoms with van der Waals surface area (Å²) in [4.78, 5) is 18.2. The van der Waals surface area contributed by atoms with Gasteiger partial charge in [0.2, 0.25) is 0 Å². The molecule has 0 saturated heterocycles. The van der Waals surface area contributed by atoms with Gasteiger partial charge in [-0.3, -0.25) is 4.57 Å². The zero-order valence-electron chi connectivity index (χ0n) is 9.11. The monoisotopic (exact) mass is 208 g/mol. The van der Waals surface area contributed by atoms with E-state index in [4.69, 9.17) is 9.79 Å². The molecule has 0 rings (SSSR count). The zero-order valence-corrected chi connectivity index (χ0v) is 10.0. The fourth-order valence-corrected chi connectivity index (χ4v) is 2.93. The summed E-state index contributed by atoms with van der Waals surface area (Å²) in [6, 6.07) is 0. The van der Waals surface area contributed by atoms with Gasteiger partial charge in [-0.15, -0.1) is 0 Å². The van der Waals surface area contributed by atoms with Crippen molar-refractivity contribution in [1.29, 1.82) is 0 Å². The third kappa shape index (κ3) is 5.45. The highest BCUT2D eigenvalue weighted by atomic mass is 31.2. The predicted octanol–water partition coefficient (Wildman–Crippen LogP) is 2.62. The Kier molecular flexibility index (Phi) is 4.17. The Morgan fingerprint density at radius 1 is 1.23 bits per heavy atom. The van der Waals surface area contributed by atoms with E-state index in [-0.39, 0.29) is 11.3 Å². The zero-order chi connectivity index (χ0) is 10.9. The summed E-state index contributed by atoms with van der Waals surface area (Å²) in [5.74, 6) is 0.0278. The Labute approximate surface area is 80.7 Å². The van der Waals surface area contributed by atoms with Crippen molar-refractivity contribution in [2.24, 2.45) is 11.3 Å². The Hall–Kier alpha value is 0.150. The third-order valence-electron chi connectivity index (χ3n) is 2.02. The Bertz CT molecular complexity index is 199. The van der Waals surface area contributed by atoms with Crippen LogP contribution in [0.1, 0.15) is 41.0 Å². The smallest absolute Gasteiger partial charge is 0.324 e. The molecular formula is C9H21O3P. The van der Waals surface area contributed by atoms with Crippen molar-refractivity contribution in [1.82, 2.24) is 0 Å². The molecule has 0 bridgehead atoms. The highest BCUT2D eigenvalue weighted by molar-refractivity contribution is 7.52. The molecule has 0 aliphatic heterocycles. The topological polar surface area (TPSA) is 57.5 Å². The maximum absolute atomic E-state index is 11.1. The number of rotatable bonds is 3. The SMILES string of the molecule is CC(C)C(CC(C)(C)C)P(=O)(O)O. The van der Waals surface area contributed by atoms with Crippen molar-refractivity contribution in [2.45, 2.75) is 46.7 Å². The van der Waals surface area contributed by atoms with E-state index < -0.39 is 13.3 Å². The highest BCUT2D eigenvalue weighted by Gasteiger charge is 2.34. The maximum atomic E-state index is 11.1. The van der Waals surface area contributed by atoms with Gasteiger partial charge in [-0.05, 0) is 17.8 Å². The van der Waals surface area contributed by atoms with Crippen LogP contribution >= 0.6 is 7.60 Å². The molecule has 80 valence electrons. The highest BCUT2D eigenvalue weighted by Crippen LogP contribution is 2.49. The molecule has 0 spiro atoms. The van der Waals surface area contributed by atoms with Crippen molar-refractivity contribution in [3.8, 4) is 0 Å². The standard InChI is InChI=1S/C9H21O3P/c1-7(2)8(13(10,11)12)6-9(3,4)5/h7-8H,6H2,1-5H3,(H2,10,11,12). The van der Waals surface area contributed by atoms with Crippen LogP contribution in [0.25, 0.3) is 0 Å². The van der Waals surface area contributed by atoms with Gasteiger partial charge < -0.3 is 9.79 Å².